The van der Waals surface area contributed by atoms with E-state index < -0.39 is 16.6 Å². The Morgan fingerprint density at radius 1 is 1.39 bits per heavy atom. The molecule has 3 rings (SSSR count). The van der Waals surface area contributed by atoms with Crippen molar-refractivity contribution in [2.45, 2.75) is 15.5 Å². The smallest absolute Gasteiger partial charge is 0.204 e. The second-order valence-corrected chi connectivity index (χ2v) is 7.93. The monoisotopic (exact) mass is 415 g/mol. The van der Waals surface area contributed by atoms with Crippen molar-refractivity contribution in [1.29, 1.82) is 0 Å². The minimum Gasteiger partial charge on any atom is -0.384 e. The summed E-state index contributed by atoms with van der Waals surface area (Å²) in [6, 6.07) is 4.69. The number of H-pyrrole nitrogens is 1. The quantitative estimate of drug-likeness (QED) is 0.635. The lowest BCUT2D eigenvalue weighted by Gasteiger charge is -2.10. The number of nitrogen functional groups attached to an aromatic ring is 1. The number of halogens is 2. The van der Waals surface area contributed by atoms with Crippen molar-refractivity contribution in [1.82, 2.24) is 20.4 Å². The van der Waals surface area contributed by atoms with Crippen LogP contribution in [0, 0.1) is 5.82 Å². The molecule has 23 heavy (non-hydrogen) atoms. The summed E-state index contributed by atoms with van der Waals surface area (Å²) >= 11 is 4.56. The van der Waals surface area contributed by atoms with Gasteiger partial charge in [0.05, 0.1) is 10.8 Å². The molecule has 0 aliphatic carbocycles. The van der Waals surface area contributed by atoms with Gasteiger partial charge in [0.2, 0.25) is 5.65 Å². The fraction of sp³-hybridized carbons (Fsp3) is 0.154. The van der Waals surface area contributed by atoms with Crippen LogP contribution < -0.4 is 5.73 Å². The van der Waals surface area contributed by atoms with Crippen LogP contribution in [0.25, 0.3) is 11.2 Å². The van der Waals surface area contributed by atoms with Crippen molar-refractivity contribution in [3.8, 4) is 0 Å². The van der Waals surface area contributed by atoms with Crippen molar-refractivity contribution >= 4 is 55.5 Å². The van der Waals surface area contributed by atoms with Gasteiger partial charge in [0, 0.05) is 31.8 Å². The molecule has 0 radical (unpaired) electrons. The van der Waals surface area contributed by atoms with Gasteiger partial charge in [-0.1, -0.05) is 15.9 Å². The SMILES string of the molecule is CS(=O)c1cc(Br)cc(F)c1CSc1cc(N)nc2n[nH]nc12. The molecule has 3 aromatic rings. The van der Waals surface area contributed by atoms with E-state index in [2.05, 4.69) is 36.3 Å². The van der Waals surface area contributed by atoms with Crippen LogP contribution in [0.2, 0.25) is 0 Å². The van der Waals surface area contributed by atoms with E-state index in [1.165, 1.54) is 24.1 Å². The summed E-state index contributed by atoms with van der Waals surface area (Å²) in [5, 5.41) is 10.4. The predicted octanol–water partition coefficient (Wildman–Crippen LogP) is 2.87. The first-order valence-corrected chi connectivity index (χ1v) is 9.70. The summed E-state index contributed by atoms with van der Waals surface area (Å²) in [6.45, 7) is 0. The van der Waals surface area contributed by atoms with Crippen LogP contribution >= 0.6 is 27.7 Å². The van der Waals surface area contributed by atoms with Crippen LogP contribution in [0.4, 0.5) is 10.2 Å². The Morgan fingerprint density at radius 3 is 2.91 bits per heavy atom. The van der Waals surface area contributed by atoms with Gasteiger partial charge in [-0.3, -0.25) is 4.21 Å². The number of nitrogens with zero attached hydrogens (tertiary/aromatic N) is 3. The van der Waals surface area contributed by atoms with Crippen molar-refractivity contribution in [2.75, 3.05) is 12.0 Å². The zero-order chi connectivity index (χ0) is 16.6. The molecule has 0 amide bonds. The highest BCUT2D eigenvalue weighted by atomic mass is 79.9. The number of hydrogen-bond donors (Lipinski definition) is 2. The van der Waals surface area contributed by atoms with Crippen LogP contribution in [0.1, 0.15) is 5.56 Å². The van der Waals surface area contributed by atoms with E-state index in [1.807, 2.05) is 0 Å². The van der Waals surface area contributed by atoms with E-state index in [9.17, 15) is 8.60 Å². The molecule has 0 fully saturated rings. The summed E-state index contributed by atoms with van der Waals surface area (Å²) in [5.74, 6) is 0.194. The first kappa shape index (κ1) is 16.3. The number of benzene rings is 1. The molecule has 0 saturated carbocycles. The van der Waals surface area contributed by atoms with Crippen LogP contribution in [0.15, 0.2) is 32.5 Å². The first-order valence-electron chi connectivity index (χ1n) is 6.37. The summed E-state index contributed by atoms with van der Waals surface area (Å²) < 4.78 is 26.7. The molecule has 0 spiro atoms. The van der Waals surface area contributed by atoms with Gasteiger partial charge in [0.1, 0.15) is 17.2 Å². The molecule has 3 N–H and O–H groups in total. The molecule has 120 valence electrons. The van der Waals surface area contributed by atoms with Gasteiger partial charge in [-0.05, 0) is 18.2 Å². The molecule has 2 aromatic heterocycles. The maximum Gasteiger partial charge on any atom is 0.204 e. The van der Waals surface area contributed by atoms with Crippen LogP contribution in [-0.2, 0) is 16.6 Å². The van der Waals surface area contributed by atoms with E-state index >= 15 is 0 Å². The Balaban J connectivity index is 1.97. The standard InChI is InChI=1S/C13H11BrFN5OS2/c1-23(21)10-3-6(14)2-8(15)7(10)5-22-9-4-11(16)17-13-12(9)18-20-19-13/h2-4H,5H2,1H3,(H3,16,17,18,19,20). The maximum absolute atomic E-state index is 14.3. The van der Waals surface area contributed by atoms with E-state index in [1.54, 1.807) is 12.1 Å². The van der Waals surface area contributed by atoms with Gasteiger partial charge >= 0.3 is 0 Å². The second-order valence-electron chi connectivity index (χ2n) is 4.65. The van der Waals surface area contributed by atoms with E-state index in [0.29, 0.717) is 37.7 Å². The number of thioether (sulfide) groups is 1. The number of anilines is 1. The third-order valence-electron chi connectivity index (χ3n) is 3.08. The first-order chi connectivity index (χ1) is 11.0. The molecule has 1 atom stereocenters. The van der Waals surface area contributed by atoms with Gasteiger partial charge in [0.25, 0.3) is 0 Å². The number of aromatic nitrogens is 4. The molecule has 6 nitrogen and oxygen atoms in total. The van der Waals surface area contributed by atoms with Gasteiger partial charge in [0.15, 0.2) is 0 Å². The second kappa shape index (κ2) is 6.54. The molecule has 0 aliphatic rings. The average Bonchev–Trinajstić information content (AvgIpc) is 2.93. The lowest BCUT2D eigenvalue weighted by atomic mass is 10.2. The van der Waals surface area contributed by atoms with Crippen molar-refractivity contribution in [3.05, 3.63) is 34.1 Å². The fourth-order valence-electron chi connectivity index (χ4n) is 2.06. The number of aromatic amines is 1. The van der Waals surface area contributed by atoms with E-state index in [-0.39, 0.29) is 0 Å². The summed E-state index contributed by atoms with van der Waals surface area (Å²) in [7, 11) is -1.30. The van der Waals surface area contributed by atoms with Gasteiger partial charge in [-0.15, -0.1) is 16.9 Å². The number of nitrogens with one attached hydrogen (secondary N) is 1. The normalized spacial score (nSPS) is 12.7. The highest BCUT2D eigenvalue weighted by molar-refractivity contribution is 9.10. The zero-order valence-electron chi connectivity index (χ0n) is 11.8. The molecule has 0 saturated heterocycles. The Labute approximate surface area is 146 Å². The third-order valence-corrected chi connectivity index (χ3v) is 5.57. The van der Waals surface area contributed by atoms with Crippen molar-refractivity contribution in [3.63, 3.8) is 0 Å². The number of fused-ring (bicyclic) bond motifs is 1. The van der Waals surface area contributed by atoms with Gasteiger partial charge in [-0.25, -0.2) is 9.37 Å². The van der Waals surface area contributed by atoms with E-state index in [0.717, 1.165) is 4.90 Å². The largest absolute Gasteiger partial charge is 0.384 e. The van der Waals surface area contributed by atoms with Crippen LogP contribution in [0.3, 0.4) is 0 Å². The van der Waals surface area contributed by atoms with Crippen LogP contribution in [0.5, 0.6) is 0 Å². The molecule has 10 heteroatoms. The molecule has 0 bridgehead atoms. The number of pyridine rings is 1. The zero-order valence-corrected chi connectivity index (χ0v) is 15.1. The third kappa shape index (κ3) is 3.38. The molecule has 1 aromatic carbocycles. The summed E-state index contributed by atoms with van der Waals surface area (Å²) in [5.41, 5.74) is 7.12. The van der Waals surface area contributed by atoms with Gasteiger partial charge < -0.3 is 5.73 Å². The Kier molecular flexibility index (Phi) is 4.64. The molecular formula is C13H11BrFN5OS2. The highest BCUT2D eigenvalue weighted by Gasteiger charge is 2.16. The highest BCUT2D eigenvalue weighted by Crippen LogP contribution is 2.32. The van der Waals surface area contributed by atoms with E-state index in [4.69, 9.17) is 5.73 Å². The van der Waals surface area contributed by atoms with Crippen molar-refractivity contribution in [2.24, 2.45) is 0 Å². The predicted molar refractivity (Wildman–Crippen MR) is 92.1 cm³/mol. The minimum atomic E-state index is -1.30. The molecule has 2 heterocycles. The number of rotatable bonds is 4. The number of nitrogens with two attached hydrogens (primary N) is 1. The van der Waals surface area contributed by atoms with Crippen LogP contribution in [-0.4, -0.2) is 30.9 Å². The molecular weight excluding hydrogens is 405 g/mol. The molecule has 0 aliphatic heterocycles. The topological polar surface area (TPSA) is 97.5 Å². The lowest BCUT2D eigenvalue weighted by molar-refractivity contribution is 0.609. The fourth-order valence-corrected chi connectivity index (χ4v) is 4.62. The Hall–Kier alpha value is -1.52. The number of hydrogen-bond acceptors (Lipinski definition) is 6. The lowest BCUT2D eigenvalue weighted by Crippen LogP contribution is -1.99. The summed E-state index contributed by atoms with van der Waals surface area (Å²) in [6.07, 6.45) is 1.52. The van der Waals surface area contributed by atoms with Crippen molar-refractivity contribution < 1.29 is 8.60 Å². The Bertz CT molecular complexity index is 917. The Morgan fingerprint density at radius 2 is 2.17 bits per heavy atom. The molecule has 1 unspecified atom stereocenters. The average molecular weight is 416 g/mol. The summed E-state index contributed by atoms with van der Waals surface area (Å²) in [4.78, 5) is 5.25. The van der Waals surface area contributed by atoms with Gasteiger partial charge in [-0.2, -0.15) is 10.3 Å². The maximum atomic E-state index is 14.3. The minimum absolute atomic E-state index is 0.291.